The fourth-order valence-electron chi connectivity index (χ4n) is 2.10. The van der Waals surface area contributed by atoms with Crippen molar-refractivity contribution < 1.29 is 9.84 Å². The molecule has 3 nitrogen and oxygen atoms in total. The summed E-state index contributed by atoms with van der Waals surface area (Å²) in [6.07, 6.45) is 2.23. The van der Waals surface area contributed by atoms with E-state index in [9.17, 15) is 5.11 Å². The normalized spacial score (nSPS) is 22.9. The number of hydrogen-bond donors (Lipinski definition) is 2. The largest absolute Gasteiger partial charge is 0.394 e. The Labute approximate surface area is 96.4 Å². The Morgan fingerprint density at radius 2 is 2.19 bits per heavy atom. The molecule has 0 aliphatic carbocycles. The second-order valence-corrected chi connectivity index (χ2v) is 4.23. The van der Waals surface area contributed by atoms with Crippen molar-refractivity contribution in [2.24, 2.45) is 0 Å². The predicted molar refractivity (Wildman–Crippen MR) is 63.2 cm³/mol. The average molecular weight is 221 g/mol. The second-order valence-electron chi connectivity index (χ2n) is 4.23. The van der Waals surface area contributed by atoms with Crippen molar-refractivity contribution in [3.05, 3.63) is 35.9 Å². The lowest BCUT2D eigenvalue weighted by molar-refractivity contribution is 0.0623. The monoisotopic (exact) mass is 221 g/mol. The van der Waals surface area contributed by atoms with Crippen LogP contribution in [0.15, 0.2) is 30.3 Å². The van der Waals surface area contributed by atoms with Gasteiger partial charge < -0.3 is 15.2 Å². The molecular weight excluding hydrogens is 202 g/mol. The molecule has 1 saturated heterocycles. The molecule has 0 saturated carbocycles. The van der Waals surface area contributed by atoms with Crippen LogP contribution in [0.5, 0.6) is 0 Å². The summed E-state index contributed by atoms with van der Waals surface area (Å²) in [4.78, 5) is 0. The molecule has 1 heterocycles. The van der Waals surface area contributed by atoms with Gasteiger partial charge in [0.1, 0.15) is 0 Å². The molecule has 2 N–H and O–H groups in total. The molecule has 88 valence electrons. The van der Waals surface area contributed by atoms with Crippen LogP contribution in [-0.4, -0.2) is 31.0 Å². The van der Waals surface area contributed by atoms with Crippen molar-refractivity contribution in [3.63, 3.8) is 0 Å². The van der Waals surface area contributed by atoms with Crippen molar-refractivity contribution in [1.82, 2.24) is 5.32 Å². The van der Waals surface area contributed by atoms with E-state index in [0.717, 1.165) is 31.6 Å². The smallest absolute Gasteiger partial charge is 0.0626 e. The van der Waals surface area contributed by atoms with Crippen molar-refractivity contribution in [3.8, 4) is 0 Å². The summed E-state index contributed by atoms with van der Waals surface area (Å²) in [7, 11) is 0. The van der Waals surface area contributed by atoms with Crippen molar-refractivity contribution in [2.75, 3.05) is 19.8 Å². The summed E-state index contributed by atoms with van der Waals surface area (Å²) in [5, 5.41) is 12.9. The molecule has 1 aliphatic heterocycles. The fraction of sp³-hybridized carbons (Fsp3) is 0.538. The zero-order valence-corrected chi connectivity index (χ0v) is 9.43. The minimum absolute atomic E-state index is 0.0212. The Kier molecular flexibility index (Phi) is 4.34. The fourth-order valence-corrected chi connectivity index (χ4v) is 2.10. The summed E-state index contributed by atoms with van der Waals surface area (Å²) in [6.45, 7) is 1.75. The summed E-state index contributed by atoms with van der Waals surface area (Å²) in [5.74, 6) is 0. The van der Waals surface area contributed by atoms with E-state index < -0.39 is 0 Å². The standard InChI is InChI=1S/C13H19NO2/c15-9-13(11-5-2-1-3-6-11)14-12-7-4-8-16-10-12/h1-3,5-6,12-15H,4,7-10H2/t12?,13-/m1/s1. The van der Waals surface area contributed by atoms with E-state index in [0.29, 0.717) is 6.04 Å². The average Bonchev–Trinajstić information content (AvgIpc) is 2.38. The first-order chi connectivity index (χ1) is 7.90. The van der Waals surface area contributed by atoms with E-state index >= 15 is 0 Å². The van der Waals surface area contributed by atoms with Gasteiger partial charge in [0.15, 0.2) is 0 Å². The lowest BCUT2D eigenvalue weighted by Crippen LogP contribution is -2.40. The Morgan fingerprint density at radius 1 is 1.38 bits per heavy atom. The van der Waals surface area contributed by atoms with Crippen molar-refractivity contribution >= 4 is 0 Å². The molecule has 1 unspecified atom stereocenters. The molecule has 1 fully saturated rings. The van der Waals surface area contributed by atoms with Gasteiger partial charge in [-0.15, -0.1) is 0 Å². The number of rotatable bonds is 4. The summed E-state index contributed by atoms with van der Waals surface area (Å²) < 4.78 is 5.42. The molecule has 3 heteroatoms. The molecule has 2 rings (SSSR count). The molecular formula is C13H19NO2. The van der Waals surface area contributed by atoms with E-state index in [2.05, 4.69) is 5.32 Å². The Bertz CT molecular complexity index is 296. The van der Waals surface area contributed by atoms with Gasteiger partial charge in [-0.25, -0.2) is 0 Å². The first-order valence-corrected chi connectivity index (χ1v) is 5.90. The van der Waals surface area contributed by atoms with Crippen LogP contribution in [0.1, 0.15) is 24.4 Å². The van der Waals surface area contributed by atoms with E-state index in [1.54, 1.807) is 0 Å². The topological polar surface area (TPSA) is 41.5 Å². The first-order valence-electron chi connectivity index (χ1n) is 5.90. The molecule has 0 amide bonds. The lowest BCUT2D eigenvalue weighted by atomic mass is 10.0. The van der Waals surface area contributed by atoms with Gasteiger partial charge in [0.05, 0.1) is 19.3 Å². The van der Waals surface area contributed by atoms with Gasteiger partial charge in [-0.1, -0.05) is 30.3 Å². The molecule has 0 radical (unpaired) electrons. The Hall–Kier alpha value is -0.900. The molecule has 0 spiro atoms. The van der Waals surface area contributed by atoms with Crippen LogP contribution in [0.4, 0.5) is 0 Å². The van der Waals surface area contributed by atoms with Gasteiger partial charge in [0, 0.05) is 12.6 Å². The van der Waals surface area contributed by atoms with Gasteiger partial charge >= 0.3 is 0 Å². The maximum atomic E-state index is 9.41. The summed E-state index contributed by atoms with van der Waals surface area (Å²) >= 11 is 0. The molecule has 2 atom stereocenters. The van der Waals surface area contributed by atoms with Crippen LogP contribution in [0, 0.1) is 0 Å². The Morgan fingerprint density at radius 3 is 2.81 bits per heavy atom. The van der Waals surface area contributed by atoms with Crippen LogP contribution in [0.25, 0.3) is 0 Å². The number of hydrogen-bond acceptors (Lipinski definition) is 3. The van der Waals surface area contributed by atoms with Crippen LogP contribution in [-0.2, 0) is 4.74 Å². The zero-order chi connectivity index (χ0) is 11.2. The molecule has 1 aromatic carbocycles. The van der Waals surface area contributed by atoms with Crippen molar-refractivity contribution in [2.45, 2.75) is 24.9 Å². The first kappa shape index (κ1) is 11.6. The highest BCUT2D eigenvalue weighted by atomic mass is 16.5. The van der Waals surface area contributed by atoms with Crippen LogP contribution in [0.3, 0.4) is 0 Å². The zero-order valence-electron chi connectivity index (χ0n) is 9.43. The van der Waals surface area contributed by atoms with Gasteiger partial charge in [-0.2, -0.15) is 0 Å². The second kappa shape index (κ2) is 5.99. The maximum absolute atomic E-state index is 9.41. The number of aliphatic hydroxyl groups excluding tert-OH is 1. The predicted octanol–water partition coefficient (Wildman–Crippen LogP) is 1.49. The minimum Gasteiger partial charge on any atom is -0.394 e. The van der Waals surface area contributed by atoms with E-state index in [4.69, 9.17) is 4.74 Å². The molecule has 0 aromatic heterocycles. The van der Waals surface area contributed by atoms with Crippen LogP contribution >= 0.6 is 0 Å². The number of benzene rings is 1. The SMILES string of the molecule is OC[C@@H](NC1CCCOC1)c1ccccc1. The highest BCUT2D eigenvalue weighted by molar-refractivity contribution is 5.19. The van der Waals surface area contributed by atoms with Gasteiger partial charge in [0.25, 0.3) is 0 Å². The highest BCUT2D eigenvalue weighted by Gasteiger charge is 2.18. The molecule has 0 bridgehead atoms. The van der Waals surface area contributed by atoms with Gasteiger partial charge in [0.2, 0.25) is 0 Å². The number of nitrogens with one attached hydrogen (secondary N) is 1. The van der Waals surface area contributed by atoms with Gasteiger partial charge in [-0.05, 0) is 18.4 Å². The minimum atomic E-state index is 0.0212. The van der Waals surface area contributed by atoms with Crippen molar-refractivity contribution in [1.29, 1.82) is 0 Å². The lowest BCUT2D eigenvalue weighted by Gasteiger charge is -2.27. The Balaban J connectivity index is 1.94. The summed E-state index contributed by atoms with van der Waals surface area (Å²) in [5.41, 5.74) is 1.13. The van der Waals surface area contributed by atoms with Crippen LogP contribution < -0.4 is 5.32 Å². The van der Waals surface area contributed by atoms with Crippen LogP contribution in [0.2, 0.25) is 0 Å². The van der Waals surface area contributed by atoms with E-state index in [-0.39, 0.29) is 12.6 Å². The molecule has 1 aliphatic rings. The van der Waals surface area contributed by atoms with E-state index in [1.807, 2.05) is 30.3 Å². The third-order valence-electron chi connectivity index (χ3n) is 2.98. The molecule has 1 aromatic rings. The number of aliphatic hydroxyl groups is 1. The van der Waals surface area contributed by atoms with Gasteiger partial charge in [-0.3, -0.25) is 0 Å². The highest BCUT2D eigenvalue weighted by Crippen LogP contribution is 2.15. The third kappa shape index (κ3) is 3.04. The van der Waals surface area contributed by atoms with E-state index in [1.165, 1.54) is 0 Å². The maximum Gasteiger partial charge on any atom is 0.0626 e. The summed E-state index contributed by atoms with van der Waals surface area (Å²) in [6, 6.07) is 10.4. The number of ether oxygens (including phenoxy) is 1. The third-order valence-corrected chi connectivity index (χ3v) is 2.98. The quantitative estimate of drug-likeness (QED) is 0.809. The molecule has 16 heavy (non-hydrogen) atoms.